The first-order valence-corrected chi connectivity index (χ1v) is 10.4. The number of nitrogens with zero attached hydrogens (tertiary/aromatic N) is 2. The standard InChI is InChI=1S/C24H26N2O6/c1-25(2)10-11-26-21(16-6-4-5-7-17(16)30-3)20(23(28)24(26)29)22(27)15-8-9-18-19(14-15)32-13-12-31-18/h4-9,14,21,27H,10-13H2,1-3H3/b22-20+/t21-/m1/s1. The molecule has 2 heterocycles. The van der Waals surface area contributed by atoms with E-state index in [-0.39, 0.29) is 11.3 Å². The van der Waals surface area contributed by atoms with Gasteiger partial charge < -0.3 is 29.1 Å². The number of amides is 1. The second kappa shape index (κ2) is 8.92. The summed E-state index contributed by atoms with van der Waals surface area (Å²) in [6, 6.07) is 11.4. The minimum absolute atomic E-state index is 0.0231. The van der Waals surface area contributed by atoms with Crippen LogP contribution in [0.4, 0.5) is 0 Å². The number of carbonyl (C=O) groups excluding carboxylic acids is 2. The summed E-state index contributed by atoms with van der Waals surface area (Å²) in [5.74, 6) is -0.0590. The molecule has 1 amide bonds. The van der Waals surface area contributed by atoms with Crippen LogP contribution in [0.5, 0.6) is 17.2 Å². The zero-order valence-electron chi connectivity index (χ0n) is 18.3. The molecule has 2 aromatic rings. The molecular weight excluding hydrogens is 412 g/mol. The molecule has 4 rings (SSSR count). The fraction of sp³-hybridized carbons (Fsp3) is 0.333. The lowest BCUT2D eigenvalue weighted by molar-refractivity contribution is -0.140. The number of hydrogen-bond acceptors (Lipinski definition) is 7. The topological polar surface area (TPSA) is 88.5 Å². The predicted octanol–water partition coefficient (Wildman–Crippen LogP) is 2.45. The quantitative estimate of drug-likeness (QED) is 0.421. The summed E-state index contributed by atoms with van der Waals surface area (Å²) in [4.78, 5) is 29.6. The van der Waals surface area contributed by atoms with Gasteiger partial charge in [0.2, 0.25) is 0 Å². The van der Waals surface area contributed by atoms with Gasteiger partial charge in [0.15, 0.2) is 11.5 Å². The van der Waals surface area contributed by atoms with E-state index in [4.69, 9.17) is 14.2 Å². The maximum Gasteiger partial charge on any atom is 0.295 e. The maximum atomic E-state index is 13.1. The minimum Gasteiger partial charge on any atom is -0.507 e. The van der Waals surface area contributed by atoms with Gasteiger partial charge in [0.05, 0.1) is 18.7 Å². The van der Waals surface area contributed by atoms with Gasteiger partial charge >= 0.3 is 0 Å². The second-order valence-corrected chi connectivity index (χ2v) is 7.90. The molecule has 32 heavy (non-hydrogen) atoms. The van der Waals surface area contributed by atoms with Crippen molar-refractivity contribution in [3.05, 3.63) is 59.2 Å². The van der Waals surface area contributed by atoms with Crippen molar-refractivity contribution < 1.29 is 28.9 Å². The van der Waals surface area contributed by atoms with E-state index in [1.165, 1.54) is 12.0 Å². The van der Waals surface area contributed by atoms with Gasteiger partial charge in [0.25, 0.3) is 11.7 Å². The van der Waals surface area contributed by atoms with Gasteiger partial charge in [-0.05, 0) is 38.4 Å². The van der Waals surface area contributed by atoms with E-state index < -0.39 is 17.7 Å². The third kappa shape index (κ3) is 3.89. The molecule has 1 saturated heterocycles. The summed E-state index contributed by atoms with van der Waals surface area (Å²) < 4.78 is 16.7. The fourth-order valence-electron chi connectivity index (χ4n) is 3.98. The van der Waals surface area contributed by atoms with E-state index in [2.05, 4.69) is 0 Å². The molecule has 0 aromatic heterocycles. The van der Waals surface area contributed by atoms with Gasteiger partial charge in [-0.15, -0.1) is 0 Å². The molecule has 1 fully saturated rings. The molecule has 0 unspecified atom stereocenters. The van der Waals surface area contributed by atoms with E-state index in [0.29, 0.717) is 54.7 Å². The first-order chi connectivity index (χ1) is 15.4. The number of hydrogen-bond donors (Lipinski definition) is 1. The Morgan fingerprint density at radius 1 is 1.12 bits per heavy atom. The van der Waals surface area contributed by atoms with Crippen LogP contribution < -0.4 is 14.2 Å². The zero-order chi connectivity index (χ0) is 22.8. The monoisotopic (exact) mass is 438 g/mol. The highest BCUT2D eigenvalue weighted by Gasteiger charge is 2.46. The van der Waals surface area contributed by atoms with Crippen LogP contribution in [0.15, 0.2) is 48.0 Å². The maximum absolute atomic E-state index is 13.1. The van der Waals surface area contributed by atoms with Crippen molar-refractivity contribution in [2.24, 2.45) is 0 Å². The van der Waals surface area contributed by atoms with Crippen molar-refractivity contribution in [2.75, 3.05) is 47.5 Å². The molecule has 2 aromatic carbocycles. The number of rotatable bonds is 6. The molecule has 8 heteroatoms. The van der Waals surface area contributed by atoms with Crippen molar-refractivity contribution in [2.45, 2.75) is 6.04 Å². The lowest BCUT2D eigenvalue weighted by Gasteiger charge is -2.27. The molecule has 0 radical (unpaired) electrons. The molecule has 1 atom stereocenters. The van der Waals surface area contributed by atoms with Crippen LogP contribution in [-0.2, 0) is 9.59 Å². The third-order valence-corrected chi connectivity index (χ3v) is 5.58. The fourth-order valence-corrected chi connectivity index (χ4v) is 3.98. The number of ketones is 1. The van der Waals surface area contributed by atoms with E-state index in [0.717, 1.165) is 0 Å². The molecule has 0 saturated carbocycles. The van der Waals surface area contributed by atoms with E-state index >= 15 is 0 Å². The van der Waals surface area contributed by atoms with Crippen LogP contribution in [0.3, 0.4) is 0 Å². The summed E-state index contributed by atoms with van der Waals surface area (Å²) in [5.41, 5.74) is 1.03. The Bertz CT molecular complexity index is 1080. The van der Waals surface area contributed by atoms with Crippen molar-refractivity contribution in [1.82, 2.24) is 9.80 Å². The van der Waals surface area contributed by atoms with E-state index in [9.17, 15) is 14.7 Å². The molecule has 8 nitrogen and oxygen atoms in total. The molecule has 2 aliphatic rings. The lowest BCUT2D eigenvalue weighted by atomic mass is 9.94. The summed E-state index contributed by atoms with van der Waals surface area (Å²) >= 11 is 0. The number of fused-ring (bicyclic) bond motifs is 1. The molecule has 2 aliphatic heterocycles. The zero-order valence-corrected chi connectivity index (χ0v) is 18.3. The lowest BCUT2D eigenvalue weighted by Crippen LogP contribution is -2.35. The number of likely N-dealkylation sites (tertiary alicyclic amines) is 1. The predicted molar refractivity (Wildman–Crippen MR) is 118 cm³/mol. The highest BCUT2D eigenvalue weighted by molar-refractivity contribution is 6.46. The largest absolute Gasteiger partial charge is 0.507 e. The van der Waals surface area contributed by atoms with Crippen molar-refractivity contribution in [3.63, 3.8) is 0 Å². The minimum atomic E-state index is -0.778. The van der Waals surface area contributed by atoms with Crippen LogP contribution in [0, 0.1) is 0 Å². The summed E-state index contributed by atoms with van der Waals surface area (Å²) in [7, 11) is 5.32. The number of methoxy groups -OCH3 is 1. The van der Waals surface area contributed by atoms with E-state index in [1.807, 2.05) is 31.1 Å². The molecule has 168 valence electrons. The second-order valence-electron chi connectivity index (χ2n) is 7.90. The third-order valence-electron chi connectivity index (χ3n) is 5.58. The molecule has 0 bridgehead atoms. The first kappa shape index (κ1) is 21.7. The number of benzene rings is 2. The number of carbonyl (C=O) groups is 2. The normalized spacial score (nSPS) is 19.5. The SMILES string of the molecule is COc1ccccc1[C@@H]1/C(=C(\O)c2ccc3c(c2)OCCO3)C(=O)C(=O)N1CCN(C)C. The van der Waals surface area contributed by atoms with Crippen molar-refractivity contribution in [1.29, 1.82) is 0 Å². The Morgan fingerprint density at radius 3 is 2.56 bits per heavy atom. The van der Waals surface area contributed by atoms with Gasteiger partial charge in [0, 0.05) is 24.2 Å². The smallest absolute Gasteiger partial charge is 0.295 e. The number of para-hydroxylation sites is 1. The number of likely N-dealkylation sites (N-methyl/N-ethyl adjacent to an activating group) is 1. The van der Waals surface area contributed by atoms with Crippen LogP contribution in [0.2, 0.25) is 0 Å². The van der Waals surface area contributed by atoms with Crippen LogP contribution >= 0.6 is 0 Å². The Balaban J connectivity index is 1.85. The average Bonchev–Trinajstić information content (AvgIpc) is 3.06. The highest BCUT2D eigenvalue weighted by Crippen LogP contribution is 2.43. The Labute approximate surface area is 186 Å². The molecular formula is C24H26N2O6. The van der Waals surface area contributed by atoms with Gasteiger partial charge in [-0.25, -0.2) is 0 Å². The number of aliphatic hydroxyl groups excluding tert-OH is 1. The summed E-state index contributed by atoms with van der Waals surface area (Å²) in [6.45, 7) is 1.72. The first-order valence-electron chi connectivity index (χ1n) is 10.4. The van der Waals surface area contributed by atoms with Crippen LogP contribution in [0.25, 0.3) is 5.76 Å². The van der Waals surface area contributed by atoms with Crippen LogP contribution in [-0.4, -0.2) is 74.1 Å². The Kier molecular flexibility index (Phi) is 6.05. The summed E-state index contributed by atoms with van der Waals surface area (Å²) in [5, 5.41) is 11.2. The number of aliphatic hydroxyl groups is 1. The van der Waals surface area contributed by atoms with Gasteiger partial charge in [-0.3, -0.25) is 9.59 Å². The van der Waals surface area contributed by atoms with Crippen LogP contribution in [0.1, 0.15) is 17.2 Å². The molecule has 0 spiro atoms. The van der Waals surface area contributed by atoms with Gasteiger partial charge in [-0.1, -0.05) is 18.2 Å². The average molecular weight is 438 g/mol. The molecule has 1 N–H and O–H groups in total. The number of Topliss-reactive ketones (excluding diaryl/α,β-unsaturated/α-hetero) is 1. The Hall–Kier alpha value is -3.52. The van der Waals surface area contributed by atoms with E-state index in [1.54, 1.807) is 30.3 Å². The molecule has 0 aliphatic carbocycles. The number of ether oxygens (including phenoxy) is 3. The summed E-state index contributed by atoms with van der Waals surface area (Å²) in [6.07, 6.45) is 0. The highest BCUT2D eigenvalue weighted by atomic mass is 16.6. The van der Waals surface area contributed by atoms with Gasteiger partial charge in [0.1, 0.15) is 24.7 Å². The Morgan fingerprint density at radius 2 is 1.84 bits per heavy atom. The van der Waals surface area contributed by atoms with Gasteiger partial charge in [-0.2, -0.15) is 0 Å². The van der Waals surface area contributed by atoms with Crippen molar-refractivity contribution in [3.8, 4) is 17.2 Å². The van der Waals surface area contributed by atoms with Crippen molar-refractivity contribution >= 4 is 17.4 Å².